The summed E-state index contributed by atoms with van der Waals surface area (Å²) >= 11 is 0. The predicted octanol–water partition coefficient (Wildman–Crippen LogP) is -2.30. The van der Waals surface area contributed by atoms with Gasteiger partial charge in [0, 0.05) is 0 Å². The average Bonchev–Trinajstić information content (AvgIpc) is 2.95. The van der Waals surface area contributed by atoms with Gasteiger partial charge in [0.05, 0.1) is 12.9 Å². The van der Waals surface area contributed by atoms with Crippen molar-refractivity contribution >= 4 is 17.1 Å². The number of hydrogen-bond acceptors (Lipinski definition) is 8. The van der Waals surface area contributed by atoms with E-state index in [1.807, 2.05) is 0 Å². The number of aliphatic hydroxyl groups excluding tert-OH is 3. The molecule has 0 bridgehead atoms. The van der Waals surface area contributed by atoms with E-state index in [0.29, 0.717) is 0 Å². The Kier molecular flexibility index (Phi) is 2.99. The second kappa shape index (κ2) is 4.49. The molecule has 2 aromatic rings. The third-order valence-corrected chi connectivity index (χ3v) is 3.67. The molecular weight excluding hydrogens is 282 g/mol. The summed E-state index contributed by atoms with van der Waals surface area (Å²) in [7, 11) is 0. The standard InChI is InChI=1S/C11H15N5O5/c1-11(2-17)6(19)5(18)9(21-11)16-3-13-4-7(16)14-10(12)15-8(4)20/h3,5-6,9,17-19H,2H2,1H3,(H3,12,14,15,20)/t5?,6-,9-,11-/m1/s1. The van der Waals surface area contributed by atoms with Gasteiger partial charge in [0.1, 0.15) is 17.8 Å². The molecule has 2 aromatic heterocycles. The first kappa shape index (κ1) is 13.9. The number of imidazole rings is 1. The highest BCUT2D eigenvalue weighted by molar-refractivity contribution is 5.70. The Morgan fingerprint density at radius 2 is 2.29 bits per heavy atom. The van der Waals surface area contributed by atoms with E-state index in [1.54, 1.807) is 0 Å². The molecule has 0 amide bonds. The first-order valence-electron chi connectivity index (χ1n) is 6.24. The summed E-state index contributed by atoms with van der Waals surface area (Å²) in [5.74, 6) is -0.104. The van der Waals surface area contributed by atoms with Crippen LogP contribution in [0.3, 0.4) is 0 Å². The summed E-state index contributed by atoms with van der Waals surface area (Å²) < 4.78 is 6.84. The number of rotatable bonds is 2. The lowest BCUT2D eigenvalue weighted by Gasteiger charge is -2.24. The van der Waals surface area contributed by atoms with E-state index in [0.717, 1.165) is 0 Å². The molecule has 3 rings (SSSR count). The first-order chi connectivity index (χ1) is 9.87. The highest BCUT2D eigenvalue weighted by Gasteiger charge is 2.52. The van der Waals surface area contributed by atoms with Crippen molar-refractivity contribution in [2.24, 2.45) is 0 Å². The lowest BCUT2D eigenvalue weighted by molar-refractivity contribution is -0.115. The molecule has 10 nitrogen and oxygen atoms in total. The van der Waals surface area contributed by atoms with E-state index < -0.39 is 36.2 Å². The van der Waals surface area contributed by atoms with Gasteiger partial charge in [-0.25, -0.2) is 4.98 Å². The van der Waals surface area contributed by atoms with Crippen LogP contribution in [0.25, 0.3) is 11.2 Å². The number of aromatic amines is 1. The molecule has 3 heterocycles. The van der Waals surface area contributed by atoms with Gasteiger partial charge < -0.3 is 25.8 Å². The van der Waals surface area contributed by atoms with E-state index in [9.17, 15) is 20.1 Å². The molecule has 0 spiro atoms. The van der Waals surface area contributed by atoms with Crippen molar-refractivity contribution in [2.45, 2.75) is 31.0 Å². The fraction of sp³-hybridized carbons (Fsp3) is 0.545. The molecular formula is C11H15N5O5. The second-order valence-corrected chi connectivity index (χ2v) is 5.19. The van der Waals surface area contributed by atoms with E-state index in [-0.39, 0.29) is 17.1 Å². The summed E-state index contributed by atoms with van der Waals surface area (Å²) in [6.45, 7) is 0.985. The minimum atomic E-state index is -1.33. The number of anilines is 1. The summed E-state index contributed by atoms with van der Waals surface area (Å²) in [6, 6.07) is 0. The van der Waals surface area contributed by atoms with E-state index in [4.69, 9.17) is 10.5 Å². The number of nitrogens with two attached hydrogens (primary N) is 1. The Bertz CT molecular complexity index is 742. The van der Waals surface area contributed by atoms with Gasteiger partial charge in [-0.3, -0.25) is 14.3 Å². The van der Waals surface area contributed by atoms with Crippen LogP contribution < -0.4 is 11.3 Å². The number of nitrogens with zero attached hydrogens (tertiary/aromatic N) is 3. The van der Waals surface area contributed by atoms with Crippen molar-refractivity contribution in [3.8, 4) is 0 Å². The molecule has 4 atom stereocenters. The van der Waals surface area contributed by atoms with Crippen molar-refractivity contribution in [3.63, 3.8) is 0 Å². The minimum Gasteiger partial charge on any atom is -0.393 e. The minimum absolute atomic E-state index is 0.0343. The van der Waals surface area contributed by atoms with Crippen LogP contribution in [-0.4, -0.2) is 59.3 Å². The molecule has 1 aliphatic rings. The third kappa shape index (κ3) is 1.92. The van der Waals surface area contributed by atoms with Gasteiger partial charge in [0.25, 0.3) is 5.56 Å². The zero-order chi connectivity index (χ0) is 15.4. The van der Waals surface area contributed by atoms with Gasteiger partial charge in [0.15, 0.2) is 17.4 Å². The maximum absolute atomic E-state index is 11.7. The molecule has 0 aliphatic carbocycles. The molecule has 1 saturated heterocycles. The van der Waals surface area contributed by atoms with Gasteiger partial charge in [-0.1, -0.05) is 0 Å². The molecule has 1 aliphatic heterocycles. The molecule has 21 heavy (non-hydrogen) atoms. The van der Waals surface area contributed by atoms with Crippen LogP contribution in [-0.2, 0) is 4.74 Å². The molecule has 0 saturated carbocycles. The second-order valence-electron chi connectivity index (χ2n) is 5.19. The zero-order valence-corrected chi connectivity index (χ0v) is 11.1. The van der Waals surface area contributed by atoms with Gasteiger partial charge in [-0.15, -0.1) is 0 Å². The Labute approximate surface area is 117 Å². The smallest absolute Gasteiger partial charge is 0.280 e. The molecule has 0 aromatic carbocycles. The van der Waals surface area contributed by atoms with Crippen molar-refractivity contribution in [1.82, 2.24) is 19.5 Å². The lowest BCUT2D eigenvalue weighted by atomic mass is 9.99. The number of aliphatic hydroxyl groups is 3. The molecule has 1 fully saturated rings. The van der Waals surface area contributed by atoms with Gasteiger partial charge >= 0.3 is 0 Å². The predicted molar refractivity (Wildman–Crippen MR) is 70.2 cm³/mol. The summed E-state index contributed by atoms with van der Waals surface area (Å²) in [6.07, 6.45) is -2.40. The molecule has 1 unspecified atom stereocenters. The largest absolute Gasteiger partial charge is 0.393 e. The van der Waals surface area contributed by atoms with Crippen LogP contribution >= 0.6 is 0 Å². The van der Waals surface area contributed by atoms with Crippen molar-refractivity contribution < 1.29 is 20.1 Å². The van der Waals surface area contributed by atoms with Crippen LogP contribution in [0.5, 0.6) is 0 Å². The molecule has 6 N–H and O–H groups in total. The fourth-order valence-electron chi connectivity index (χ4n) is 2.41. The van der Waals surface area contributed by atoms with Crippen LogP contribution in [0.15, 0.2) is 11.1 Å². The summed E-state index contributed by atoms with van der Waals surface area (Å²) in [5.41, 5.74) is 3.80. The summed E-state index contributed by atoms with van der Waals surface area (Å²) in [4.78, 5) is 21.9. The monoisotopic (exact) mass is 297 g/mol. The topological polar surface area (TPSA) is 160 Å². The Morgan fingerprint density at radius 3 is 2.90 bits per heavy atom. The number of nitrogen functional groups attached to an aromatic ring is 1. The average molecular weight is 297 g/mol. The molecule has 0 radical (unpaired) electrons. The van der Waals surface area contributed by atoms with Crippen molar-refractivity contribution in [2.75, 3.05) is 12.3 Å². The number of ether oxygens (including phenoxy) is 1. The highest BCUT2D eigenvalue weighted by Crippen LogP contribution is 2.37. The Balaban J connectivity index is 2.12. The van der Waals surface area contributed by atoms with Crippen molar-refractivity contribution in [3.05, 3.63) is 16.7 Å². The van der Waals surface area contributed by atoms with Crippen LogP contribution in [0.4, 0.5) is 5.95 Å². The number of H-pyrrole nitrogens is 1. The fourth-order valence-corrected chi connectivity index (χ4v) is 2.41. The first-order valence-corrected chi connectivity index (χ1v) is 6.24. The van der Waals surface area contributed by atoms with Gasteiger partial charge in [-0.05, 0) is 6.92 Å². The van der Waals surface area contributed by atoms with Gasteiger partial charge in [-0.2, -0.15) is 4.98 Å². The molecule has 114 valence electrons. The number of nitrogens with one attached hydrogen (secondary N) is 1. The van der Waals surface area contributed by atoms with Crippen molar-refractivity contribution in [1.29, 1.82) is 0 Å². The highest BCUT2D eigenvalue weighted by atomic mass is 16.6. The SMILES string of the molecule is C[C@]1(CO)O[C@@H](n2cnc3c(=O)[nH]c(N)nc32)C(O)[C@H]1O. The van der Waals surface area contributed by atoms with E-state index in [1.165, 1.54) is 17.8 Å². The van der Waals surface area contributed by atoms with E-state index in [2.05, 4.69) is 15.0 Å². The summed E-state index contributed by atoms with van der Waals surface area (Å²) in [5, 5.41) is 29.4. The quantitative estimate of drug-likeness (QED) is 0.414. The maximum atomic E-state index is 11.7. The number of aromatic nitrogens is 4. The maximum Gasteiger partial charge on any atom is 0.280 e. The number of fused-ring (bicyclic) bond motifs is 1. The third-order valence-electron chi connectivity index (χ3n) is 3.67. The van der Waals surface area contributed by atoms with Crippen LogP contribution in [0.2, 0.25) is 0 Å². The van der Waals surface area contributed by atoms with Gasteiger partial charge in [0.2, 0.25) is 5.95 Å². The zero-order valence-electron chi connectivity index (χ0n) is 11.1. The van der Waals surface area contributed by atoms with Crippen LogP contribution in [0.1, 0.15) is 13.2 Å². The normalized spacial score (nSPS) is 32.9. The Hall–Kier alpha value is -2.01. The van der Waals surface area contributed by atoms with Crippen LogP contribution in [0, 0.1) is 0 Å². The van der Waals surface area contributed by atoms with E-state index >= 15 is 0 Å². The lowest BCUT2D eigenvalue weighted by Crippen LogP contribution is -2.43. The molecule has 10 heteroatoms. The Morgan fingerprint density at radius 1 is 1.57 bits per heavy atom. The number of hydrogen-bond donors (Lipinski definition) is 5.